The van der Waals surface area contributed by atoms with Gasteiger partial charge in [-0.3, -0.25) is 4.79 Å². The summed E-state index contributed by atoms with van der Waals surface area (Å²) in [6.45, 7) is 7.01. The van der Waals surface area contributed by atoms with Crippen LogP contribution in [0.25, 0.3) is 0 Å². The molecule has 0 heterocycles. The second kappa shape index (κ2) is 3.54. The maximum atomic E-state index is 11.1. The summed E-state index contributed by atoms with van der Waals surface area (Å²) in [4.78, 5) is 13.3. The highest BCUT2D eigenvalue weighted by Crippen LogP contribution is 2.42. The van der Waals surface area contributed by atoms with Crippen LogP contribution in [-0.2, 0) is 4.79 Å². The summed E-state index contributed by atoms with van der Waals surface area (Å²) in [7, 11) is 2.00. The molecule has 0 amide bonds. The molecule has 0 bridgehead atoms. The first-order valence-corrected chi connectivity index (χ1v) is 5.23. The summed E-state index contributed by atoms with van der Waals surface area (Å²) < 4.78 is 0. The van der Waals surface area contributed by atoms with Crippen LogP contribution in [0, 0.1) is 5.41 Å². The lowest BCUT2D eigenvalue weighted by atomic mass is 9.68. The zero-order chi connectivity index (χ0) is 11.0. The van der Waals surface area contributed by atoms with Crippen molar-refractivity contribution in [1.29, 1.82) is 0 Å². The first kappa shape index (κ1) is 11.5. The summed E-state index contributed by atoms with van der Waals surface area (Å²) >= 11 is 0. The van der Waals surface area contributed by atoms with Crippen LogP contribution < -0.4 is 0 Å². The van der Waals surface area contributed by atoms with E-state index < -0.39 is 11.4 Å². The Kier molecular flexibility index (Phi) is 2.91. The van der Waals surface area contributed by atoms with Crippen LogP contribution in [0.4, 0.5) is 0 Å². The van der Waals surface area contributed by atoms with Crippen molar-refractivity contribution >= 4 is 5.97 Å². The Morgan fingerprint density at radius 3 is 2.14 bits per heavy atom. The standard InChI is InChI=1S/C11H21NO2/c1-10(2,3)12(4)8-11(9(13)14)6-5-7-11/h5-8H2,1-4H3,(H,13,14). The second-order valence-corrected chi connectivity index (χ2v) is 5.47. The topological polar surface area (TPSA) is 40.5 Å². The van der Waals surface area contributed by atoms with Crippen molar-refractivity contribution < 1.29 is 9.90 Å². The monoisotopic (exact) mass is 199 g/mol. The van der Waals surface area contributed by atoms with E-state index in [4.69, 9.17) is 0 Å². The molecule has 0 saturated heterocycles. The van der Waals surface area contributed by atoms with Gasteiger partial charge in [0, 0.05) is 12.1 Å². The normalized spacial score (nSPS) is 20.6. The van der Waals surface area contributed by atoms with E-state index in [2.05, 4.69) is 25.7 Å². The molecule has 0 aromatic heterocycles. The molecule has 0 unspecified atom stereocenters. The van der Waals surface area contributed by atoms with E-state index in [1.807, 2.05) is 7.05 Å². The van der Waals surface area contributed by atoms with Gasteiger partial charge in [0.05, 0.1) is 5.41 Å². The Bertz CT molecular complexity index is 226. The predicted octanol–water partition coefficient (Wildman–Crippen LogP) is 1.97. The fourth-order valence-electron chi connectivity index (χ4n) is 1.73. The van der Waals surface area contributed by atoms with Gasteiger partial charge in [-0.05, 0) is 40.7 Å². The van der Waals surface area contributed by atoms with Crippen molar-refractivity contribution in [3.63, 3.8) is 0 Å². The number of nitrogens with zero attached hydrogens (tertiary/aromatic N) is 1. The van der Waals surface area contributed by atoms with Gasteiger partial charge in [-0.2, -0.15) is 0 Å². The van der Waals surface area contributed by atoms with Crippen LogP contribution in [0.1, 0.15) is 40.0 Å². The van der Waals surface area contributed by atoms with E-state index in [0.717, 1.165) is 19.3 Å². The SMILES string of the molecule is CN(CC1(C(=O)O)CCC1)C(C)(C)C. The van der Waals surface area contributed by atoms with Crippen LogP contribution in [-0.4, -0.2) is 35.1 Å². The largest absolute Gasteiger partial charge is 0.481 e. The lowest BCUT2D eigenvalue weighted by Crippen LogP contribution is -2.51. The fraction of sp³-hybridized carbons (Fsp3) is 0.909. The van der Waals surface area contributed by atoms with E-state index in [1.165, 1.54) is 0 Å². The van der Waals surface area contributed by atoms with Crippen molar-refractivity contribution in [2.24, 2.45) is 5.41 Å². The number of rotatable bonds is 3. The highest BCUT2D eigenvalue weighted by atomic mass is 16.4. The van der Waals surface area contributed by atoms with E-state index in [9.17, 15) is 9.90 Å². The molecule has 0 radical (unpaired) electrons. The molecular formula is C11H21NO2. The predicted molar refractivity (Wildman–Crippen MR) is 56.3 cm³/mol. The number of carboxylic acids is 1. The average Bonchev–Trinajstić information content (AvgIpc) is 1.93. The number of carboxylic acid groups (broad SMARTS) is 1. The Hall–Kier alpha value is -0.570. The maximum Gasteiger partial charge on any atom is 0.310 e. The maximum absolute atomic E-state index is 11.1. The summed E-state index contributed by atoms with van der Waals surface area (Å²) in [5, 5.41) is 9.17. The minimum absolute atomic E-state index is 0.0536. The van der Waals surface area contributed by atoms with Gasteiger partial charge in [-0.25, -0.2) is 0 Å². The van der Waals surface area contributed by atoms with Gasteiger partial charge in [0.25, 0.3) is 0 Å². The highest BCUT2D eigenvalue weighted by Gasteiger charge is 2.46. The molecule has 0 aliphatic heterocycles. The molecular weight excluding hydrogens is 178 g/mol. The van der Waals surface area contributed by atoms with E-state index >= 15 is 0 Å². The van der Waals surface area contributed by atoms with Crippen LogP contribution in [0.15, 0.2) is 0 Å². The van der Waals surface area contributed by atoms with Crippen molar-refractivity contribution in [2.45, 2.75) is 45.6 Å². The quantitative estimate of drug-likeness (QED) is 0.755. The van der Waals surface area contributed by atoms with Crippen molar-refractivity contribution in [3.8, 4) is 0 Å². The minimum Gasteiger partial charge on any atom is -0.481 e. The third kappa shape index (κ3) is 2.08. The van der Waals surface area contributed by atoms with Gasteiger partial charge in [0.2, 0.25) is 0 Å². The van der Waals surface area contributed by atoms with Gasteiger partial charge in [0.1, 0.15) is 0 Å². The molecule has 14 heavy (non-hydrogen) atoms. The number of hydrogen-bond donors (Lipinski definition) is 1. The van der Waals surface area contributed by atoms with Crippen LogP contribution in [0.5, 0.6) is 0 Å². The average molecular weight is 199 g/mol. The smallest absolute Gasteiger partial charge is 0.310 e. The molecule has 0 aromatic rings. The van der Waals surface area contributed by atoms with Gasteiger partial charge in [-0.15, -0.1) is 0 Å². The molecule has 0 spiro atoms. The Morgan fingerprint density at radius 1 is 1.43 bits per heavy atom. The third-order valence-corrected chi connectivity index (χ3v) is 3.45. The van der Waals surface area contributed by atoms with E-state index in [-0.39, 0.29) is 5.54 Å². The van der Waals surface area contributed by atoms with Gasteiger partial charge in [0.15, 0.2) is 0 Å². The summed E-state index contributed by atoms with van der Waals surface area (Å²) in [5.41, 5.74) is -0.403. The molecule has 1 aliphatic rings. The Morgan fingerprint density at radius 2 is 1.93 bits per heavy atom. The minimum atomic E-state index is -0.625. The summed E-state index contributed by atoms with van der Waals surface area (Å²) in [5.74, 6) is -0.625. The highest BCUT2D eigenvalue weighted by molar-refractivity contribution is 5.76. The molecule has 1 fully saturated rings. The summed E-state index contributed by atoms with van der Waals surface area (Å²) in [6.07, 6.45) is 2.73. The Labute approximate surface area is 86.1 Å². The summed E-state index contributed by atoms with van der Waals surface area (Å²) in [6, 6.07) is 0. The molecule has 1 saturated carbocycles. The molecule has 1 rings (SSSR count). The number of carbonyl (C=O) groups is 1. The molecule has 3 heteroatoms. The van der Waals surface area contributed by atoms with Crippen LogP contribution >= 0.6 is 0 Å². The Balaban J connectivity index is 2.62. The van der Waals surface area contributed by atoms with Crippen LogP contribution in [0.3, 0.4) is 0 Å². The lowest BCUT2D eigenvalue weighted by Gasteiger charge is -2.44. The molecule has 0 aromatic carbocycles. The van der Waals surface area contributed by atoms with Gasteiger partial charge in [-0.1, -0.05) is 6.42 Å². The third-order valence-electron chi connectivity index (χ3n) is 3.45. The molecule has 82 valence electrons. The zero-order valence-corrected chi connectivity index (χ0v) is 9.63. The molecule has 1 aliphatic carbocycles. The van der Waals surface area contributed by atoms with E-state index in [1.54, 1.807) is 0 Å². The second-order valence-electron chi connectivity index (χ2n) is 5.47. The van der Waals surface area contributed by atoms with Crippen molar-refractivity contribution in [2.75, 3.05) is 13.6 Å². The molecule has 3 nitrogen and oxygen atoms in total. The first-order valence-electron chi connectivity index (χ1n) is 5.23. The number of hydrogen-bond acceptors (Lipinski definition) is 2. The first-order chi connectivity index (χ1) is 6.28. The zero-order valence-electron chi connectivity index (χ0n) is 9.63. The lowest BCUT2D eigenvalue weighted by molar-refractivity contribution is -0.157. The molecule has 0 atom stereocenters. The number of aliphatic carboxylic acids is 1. The van der Waals surface area contributed by atoms with Crippen molar-refractivity contribution in [1.82, 2.24) is 4.90 Å². The van der Waals surface area contributed by atoms with Gasteiger partial charge < -0.3 is 10.0 Å². The van der Waals surface area contributed by atoms with Crippen LogP contribution in [0.2, 0.25) is 0 Å². The van der Waals surface area contributed by atoms with Crippen molar-refractivity contribution in [3.05, 3.63) is 0 Å². The van der Waals surface area contributed by atoms with E-state index in [0.29, 0.717) is 6.54 Å². The fourth-order valence-corrected chi connectivity index (χ4v) is 1.73. The molecule has 1 N–H and O–H groups in total. The van der Waals surface area contributed by atoms with Gasteiger partial charge >= 0.3 is 5.97 Å².